The van der Waals surface area contributed by atoms with Crippen molar-refractivity contribution in [2.24, 2.45) is 0 Å². The van der Waals surface area contributed by atoms with E-state index in [0.29, 0.717) is 5.69 Å². The first-order valence-corrected chi connectivity index (χ1v) is 7.68. The van der Waals surface area contributed by atoms with Crippen LogP contribution in [0.1, 0.15) is 5.69 Å². The van der Waals surface area contributed by atoms with E-state index >= 15 is 0 Å². The monoisotopic (exact) mass is 301 g/mol. The number of nitrogen functional groups attached to an aromatic ring is 1. The fourth-order valence-corrected chi connectivity index (χ4v) is 3.26. The molecule has 2 aromatic rings. The van der Waals surface area contributed by atoms with Gasteiger partial charge in [0.1, 0.15) is 10.7 Å². The Bertz CT molecular complexity index is 671. The van der Waals surface area contributed by atoms with Crippen LogP contribution in [0.15, 0.2) is 34.0 Å². The fraction of sp³-hybridized carbons (Fsp3) is 0.182. The van der Waals surface area contributed by atoms with Crippen molar-refractivity contribution in [2.75, 3.05) is 12.8 Å². The smallest absolute Gasteiger partial charge is 0.246 e. The lowest BCUT2D eigenvalue weighted by atomic mass is 10.3. The molecular weight excluding hydrogens is 289 g/mol. The van der Waals surface area contributed by atoms with Crippen LogP contribution in [0.3, 0.4) is 0 Å². The Morgan fingerprint density at radius 2 is 2.21 bits per heavy atom. The zero-order valence-corrected chi connectivity index (χ0v) is 11.7. The molecule has 19 heavy (non-hydrogen) atoms. The van der Waals surface area contributed by atoms with Crippen LogP contribution in [0.25, 0.3) is 0 Å². The Morgan fingerprint density at radius 1 is 1.47 bits per heavy atom. The number of nitrogens with two attached hydrogens (primary N) is 1. The van der Waals surface area contributed by atoms with Gasteiger partial charge >= 0.3 is 0 Å². The number of anilines is 1. The average Bonchev–Trinajstić information content (AvgIpc) is 2.81. The van der Waals surface area contributed by atoms with Crippen molar-refractivity contribution in [1.29, 1.82) is 0 Å². The van der Waals surface area contributed by atoms with Crippen molar-refractivity contribution in [2.45, 2.75) is 11.4 Å². The highest BCUT2D eigenvalue weighted by molar-refractivity contribution is 7.89. The molecule has 0 atom stereocenters. The van der Waals surface area contributed by atoms with Gasteiger partial charge in [-0.15, -0.1) is 11.3 Å². The molecule has 0 fully saturated rings. The van der Waals surface area contributed by atoms with Crippen LogP contribution >= 0.6 is 11.3 Å². The molecule has 1 aromatic carbocycles. The molecule has 0 bridgehead atoms. The molecule has 1 aromatic heterocycles. The molecule has 0 aliphatic rings. The molecule has 0 saturated carbocycles. The Kier molecular flexibility index (Phi) is 3.83. The summed E-state index contributed by atoms with van der Waals surface area (Å²) < 4.78 is 39.2. The third kappa shape index (κ3) is 2.91. The number of halogens is 1. The standard InChI is InChI=1S/C11H12FN3O2S2/c1-15(5-9-6-18-7-14-9)19(16,17)11-3-2-8(13)4-10(11)12/h2-4,6-7H,5,13H2,1H3. The van der Waals surface area contributed by atoms with E-state index in [9.17, 15) is 12.8 Å². The van der Waals surface area contributed by atoms with Crippen LogP contribution in [-0.4, -0.2) is 24.8 Å². The van der Waals surface area contributed by atoms with Gasteiger partial charge < -0.3 is 5.73 Å². The highest BCUT2D eigenvalue weighted by Crippen LogP contribution is 2.21. The van der Waals surface area contributed by atoms with Crippen LogP contribution in [0.4, 0.5) is 10.1 Å². The van der Waals surface area contributed by atoms with Crippen molar-refractivity contribution < 1.29 is 12.8 Å². The first-order valence-electron chi connectivity index (χ1n) is 5.29. The van der Waals surface area contributed by atoms with E-state index in [0.717, 1.165) is 16.4 Å². The van der Waals surface area contributed by atoms with Crippen LogP contribution in [0.5, 0.6) is 0 Å². The Balaban J connectivity index is 2.31. The second-order valence-corrected chi connectivity index (χ2v) is 6.66. The summed E-state index contributed by atoms with van der Waals surface area (Å²) in [7, 11) is -2.52. The topological polar surface area (TPSA) is 76.3 Å². The van der Waals surface area contributed by atoms with E-state index in [4.69, 9.17) is 5.73 Å². The van der Waals surface area contributed by atoms with Crippen molar-refractivity contribution in [1.82, 2.24) is 9.29 Å². The van der Waals surface area contributed by atoms with Gasteiger partial charge in [0.2, 0.25) is 10.0 Å². The molecule has 0 saturated heterocycles. The first kappa shape index (κ1) is 13.9. The second-order valence-electron chi connectivity index (χ2n) is 3.93. The lowest BCUT2D eigenvalue weighted by Gasteiger charge is -2.16. The number of benzene rings is 1. The third-order valence-electron chi connectivity index (χ3n) is 2.51. The van der Waals surface area contributed by atoms with Gasteiger partial charge in [-0.05, 0) is 18.2 Å². The van der Waals surface area contributed by atoms with Crippen molar-refractivity contribution in [3.05, 3.63) is 40.6 Å². The summed E-state index contributed by atoms with van der Waals surface area (Å²) in [5.41, 5.74) is 7.81. The minimum absolute atomic E-state index is 0.0929. The van der Waals surface area contributed by atoms with Crippen LogP contribution < -0.4 is 5.73 Å². The zero-order chi connectivity index (χ0) is 14.0. The van der Waals surface area contributed by atoms with E-state index in [1.807, 2.05) is 0 Å². The summed E-state index contributed by atoms with van der Waals surface area (Å²) in [6, 6.07) is 3.51. The van der Waals surface area contributed by atoms with Gasteiger partial charge in [-0.1, -0.05) is 0 Å². The minimum atomic E-state index is -3.90. The van der Waals surface area contributed by atoms with Crippen molar-refractivity contribution in [3.8, 4) is 0 Å². The van der Waals surface area contributed by atoms with E-state index in [2.05, 4.69) is 4.98 Å². The molecule has 0 unspecified atom stereocenters. The summed E-state index contributed by atoms with van der Waals surface area (Å²) in [5.74, 6) is -0.856. The average molecular weight is 301 g/mol. The number of nitrogens with zero attached hydrogens (tertiary/aromatic N) is 2. The van der Waals surface area contributed by atoms with Crippen molar-refractivity contribution in [3.63, 3.8) is 0 Å². The summed E-state index contributed by atoms with van der Waals surface area (Å²) >= 11 is 1.37. The van der Waals surface area contributed by atoms with Crippen molar-refractivity contribution >= 4 is 27.0 Å². The van der Waals surface area contributed by atoms with E-state index in [-0.39, 0.29) is 17.1 Å². The molecule has 1 heterocycles. The molecule has 8 heteroatoms. The molecule has 0 amide bonds. The number of hydrogen-bond acceptors (Lipinski definition) is 5. The molecule has 0 radical (unpaired) electrons. The summed E-state index contributed by atoms with van der Waals surface area (Å²) in [6.07, 6.45) is 0. The zero-order valence-electron chi connectivity index (χ0n) is 10.1. The number of sulfonamides is 1. The summed E-state index contributed by atoms with van der Waals surface area (Å²) in [4.78, 5) is 3.61. The lowest BCUT2D eigenvalue weighted by Crippen LogP contribution is -2.27. The Morgan fingerprint density at radius 3 is 2.79 bits per heavy atom. The molecule has 0 aliphatic heterocycles. The van der Waals surface area contributed by atoms with Crippen LogP contribution in [0, 0.1) is 5.82 Å². The Hall–Kier alpha value is -1.51. The van der Waals surface area contributed by atoms with E-state index in [1.165, 1.54) is 24.5 Å². The maximum absolute atomic E-state index is 13.7. The number of aromatic nitrogens is 1. The third-order valence-corrected chi connectivity index (χ3v) is 4.98. The van der Waals surface area contributed by atoms with Gasteiger partial charge in [-0.3, -0.25) is 0 Å². The summed E-state index contributed by atoms with van der Waals surface area (Å²) in [5, 5.41) is 1.74. The maximum atomic E-state index is 13.7. The van der Waals surface area contributed by atoms with E-state index in [1.54, 1.807) is 10.9 Å². The molecule has 2 rings (SSSR count). The molecule has 2 N–H and O–H groups in total. The molecule has 102 valence electrons. The Labute approximate surface area is 114 Å². The van der Waals surface area contributed by atoms with Gasteiger partial charge in [-0.25, -0.2) is 17.8 Å². The lowest BCUT2D eigenvalue weighted by molar-refractivity contribution is 0.456. The SMILES string of the molecule is CN(Cc1cscn1)S(=O)(=O)c1ccc(N)cc1F. The maximum Gasteiger partial charge on any atom is 0.246 e. The molecule has 0 spiro atoms. The molecule has 0 aliphatic carbocycles. The van der Waals surface area contributed by atoms with Gasteiger partial charge in [0.15, 0.2) is 0 Å². The van der Waals surface area contributed by atoms with Gasteiger partial charge in [0.05, 0.1) is 17.7 Å². The highest BCUT2D eigenvalue weighted by Gasteiger charge is 2.24. The van der Waals surface area contributed by atoms with E-state index < -0.39 is 15.8 Å². The predicted molar refractivity (Wildman–Crippen MR) is 71.6 cm³/mol. The molecular formula is C11H12FN3O2S2. The second kappa shape index (κ2) is 5.24. The number of thiazole rings is 1. The quantitative estimate of drug-likeness (QED) is 0.872. The largest absolute Gasteiger partial charge is 0.399 e. The van der Waals surface area contributed by atoms with Crippen LogP contribution in [-0.2, 0) is 16.6 Å². The number of hydrogen-bond donors (Lipinski definition) is 1. The summed E-state index contributed by atoms with van der Waals surface area (Å²) in [6.45, 7) is 0.0929. The normalized spacial score (nSPS) is 11.9. The highest BCUT2D eigenvalue weighted by atomic mass is 32.2. The molecule has 5 nitrogen and oxygen atoms in total. The van der Waals surface area contributed by atoms with Gasteiger partial charge in [0, 0.05) is 18.1 Å². The fourth-order valence-electron chi connectivity index (χ4n) is 1.52. The minimum Gasteiger partial charge on any atom is -0.399 e. The van der Waals surface area contributed by atoms with Gasteiger partial charge in [-0.2, -0.15) is 4.31 Å². The predicted octanol–water partition coefficient (Wildman–Crippen LogP) is 1.69. The van der Waals surface area contributed by atoms with Gasteiger partial charge in [0.25, 0.3) is 0 Å². The number of rotatable bonds is 4. The first-order chi connectivity index (χ1) is 8.91. The van der Waals surface area contributed by atoms with Crippen LogP contribution in [0.2, 0.25) is 0 Å².